The predicted molar refractivity (Wildman–Crippen MR) is 74.6 cm³/mol. The van der Waals surface area contributed by atoms with Crippen LogP contribution in [-0.2, 0) is 4.79 Å². The maximum Gasteiger partial charge on any atom is 0.245 e. The Kier molecular flexibility index (Phi) is 4.74. The van der Waals surface area contributed by atoms with Crippen LogP contribution < -0.4 is 5.73 Å². The standard InChI is InChI=1S/C13H21N3OS/c1-2-5-15-6-8-16(9-7-15)13(17)12(14)11-4-3-10-18-11/h3-4,10,12H,2,5-9,14H2,1H3. The van der Waals surface area contributed by atoms with E-state index in [9.17, 15) is 4.79 Å². The second-order valence-electron chi connectivity index (χ2n) is 4.66. The van der Waals surface area contributed by atoms with E-state index in [4.69, 9.17) is 5.73 Å². The lowest BCUT2D eigenvalue weighted by Gasteiger charge is -2.35. The summed E-state index contributed by atoms with van der Waals surface area (Å²) in [6.45, 7) is 6.85. The first-order valence-electron chi connectivity index (χ1n) is 6.52. The van der Waals surface area contributed by atoms with E-state index in [0.29, 0.717) is 0 Å². The Morgan fingerprint density at radius 3 is 2.72 bits per heavy atom. The van der Waals surface area contributed by atoms with Gasteiger partial charge in [-0.2, -0.15) is 0 Å². The van der Waals surface area contributed by atoms with E-state index in [0.717, 1.165) is 37.6 Å². The molecule has 0 aromatic carbocycles. The van der Waals surface area contributed by atoms with Crippen molar-refractivity contribution in [1.29, 1.82) is 0 Å². The van der Waals surface area contributed by atoms with Crippen molar-refractivity contribution in [2.45, 2.75) is 19.4 Å². The summed E-state index contributed by atoms with van der Waals surface area (Å²) in [6, 6.07) is 3.38. The molecule has 100 valence electrons. The van der Waals surface area contributed by atoms with Crippen molar-refractivity contribution >= 4 is 17.2 Å². The van der Waals surface area contributed by atoms with E-state index >= 15 is 0 Å². The first kappa shape index (κ1) is 13.5. The first-order chi connectivity index (χ1) is 8.72. The van der Waals surface area contributed by atoms with Crippen LogP contribution in [0.1, 0.15) is 24.3 Å². The third kappa shape index (κ3) is 3.10. The van der Waals surface area contributed by atoms with Crippen molar-refractivity contribution in [2.75, 3.05) is 32.7 Å². The third-order valence-corrected chi connectivity index (χ3v) is 4.29. The quantitative estimate of drug-likeness (QED) is 0.894. The second kappa shape index (κ2) is 6.31. The molecule has 1 aliphatic rings. The average Bonchev–Trinajstić information content (AvgIpc) is 2.92. The van der Waals surface area contributed by atoms with E-state index in [-0.39, 0.29) is 5.91 Å². The highest BCUT2D eigenvalue weighted by Gasteiger charge is 2.26. The zero-order chi connectivity index (χ0) is 13.0. The van der Waals surface area contributed by atoms with Gasteiger partial charge in [0.05, 0.1) is 0 Å². The summed E-state index contributed by atoms with van der Waals surface area (Å²) < 4.78 is 0. The van der Waals surface area contributed by atoms with Gasteiger partial charge in [-0.15, -0.1) is 11.3 Å². The Morgan fingerprint density at radius 2 is 2.17 bits per heavy atom. The normalized spacial score (nSPS) is 18.9. The fourth-order valence-corrected chi connectivity index (χ4v) is 3.01. The van der Waals surface area contributed by atoms with Crippen LogP contribution in [0.2, 0.25) is 0 Å². The van der Waals surface area contributed by atoms with Crippen LogP contribution in [0.15, 0.2) is 17.5 Å². The lowest BCUT2D eigenvalue weighted by atomic mass is 10.2. The van der Waals surface area contributed by atoms with Crippen molar-refractivity contribution in [2.24, 2.45) is 5.73 Å². The highest BCUT2D eigenvalue weighted by atomic mass is 32.1. The van der Waals surface area contributed by atoms with Crippen molar-refractivity contribution in [1.82, 2.24) is 9.80 Å². The Morgan fingerprint density at radius 1 is 1.44 bits per heavy atom. The number of rotatable bonds is 4. The van der Waals surface area contributed by atoms with Crippen LogP contribution in [-0.4, -0.2) is 48.4 Å². The van der Waals surface area contributed by atoms with Gasteiger partial charge in [0.15, 0.2) is 0 Å². The minimum absolute atomic E-state index is 0.0635. The molecular weight excluding hydrogens is 246 g/mol. The lowest BCUT2D eigenvalue weighted by molar-refractivity contribution is -0.134. The SMILES string of the molecule is CCCN1CCN(C(=O)C(N)c2cccs2)CC1. The second-order valence-corrected chi connectivity index (χ2v) is 5.64. The number of nitrogens with two attached hydrogens (primary N) is 1. The fraction of sp³-hybridized carbons (Fsp3) is 0.615. The minimum Gasteiger partial charge on any atom is -0.338 e. The highest BCUT2D eigenvalue weighted by Crippen LogP contribution is 2.19. The van der Waals surface area contributed by atoms with Gasteiger partial charge in [-0.3, -0.25) is 9.69 Å². The van der Waals surface area contributed by atoms with Gasteiger partial charge in [0, 0.05) is 31.1 Å². The monoisotopic (exact) mass is 267 g/mol. The largest absolute Gasteiger partial charge is 0.338 e. The van der Waals surface area contributed by atoms with Gasteiger partial charge >= 0.3 is 0 Å². The Balaban J connectivity index is 1.87. The maximum atomic E-state index is 12.3. The molecular formula is C13H21N3OS. The van der Waals surface area contributed by atoms with E-state index in [1.807, 2.05) is 22.4 Å². The van der Waals surface area contributed by atoms with Crippen LogP contribution >= 0.6 is 11.3 Å². The van der Waals surface area contributed by atoms with Gasteiger partial charge in [0.2, 0.25) is 5.91 Å². The molecule has 1 aromatic heterocycles. The molecule has 2 heterocycles. The average molecular weight is 267 g/mol. The molecule has 0 radical (unpaired) electrons. The van der Waals surface area contributed by atoms with Crippen molar-refractivity contribution in [3.8, 4) is 0 Å². The summed E-state index contributed by atoms with van der Waals surface area (Å²) >= 11 is 1.55. The van der Waals surface area contributed by atoms with Crippen LogP contribution in [0.4, 0.5) is 0 Å². The fourth-order valence-electron chi connectivity index (χ4n) is 2.29. The molecule has 5 heteroatoms. The number of carbonyl (C=O) groups is 1. The predicted octanol–water partition coefficient (Wildman–Crippen LogP) is 1.30. The smallest absolute Gasteiger partial charge is 0.245 e. The molecule has 0 spiro atoms. The molecule has 4 nitrogen and oxygen atoms in total. The van der Waals surface area contributed by atoms with Crippen molar-refractivity contribution in [3.05, 3.63) is 22.4 Å². The minimum atomic E-state index is -0.484. The van der Waals surface area contributed by atoms with E-state index in [1.54, 1.807) is 11.3 Å². The summed E-state index contributed by atoms with van der Waals surface area (Å²) in [4.78, 5) is 17.5. The highest BCUT2D eigenvalue weighted by molar-refractivity contribution is 7.10. The maximum absolute atomic E-state index is 12.3. The third-order valence-electron chi connectivity index (χ3n) is 3.34. The van der Waals surface area contributed by atoms with Gasteiger partial charge in [0.25, 0.3) is 0 Å². The number of hydrogen-bond acceptors (Lipinski definition) is 4. The van der Waals surface area contributed by atoms with Crippen molar-refractivity contribution in [3.63, 3.8) is 0 Å². The molecule has 1 fully saturated rings. The molecule has 1 atom stereocenters. The molecule has 1 saturated heterocycles. The Bertz CT molecular complexity index is 372. The van der Waals surface area contributed by atoms with Crippen molar-refractivity contribution < 1.29 is 4.79 Å². The van der Waals surface area contributed by atoms with Crippen LogP contribution in [0, 0.1) is 0 Å². The van der Waals surface area contributed by atoms with Gasteiger partial charge in [0.1, 0.15) is 6.04 Å². The topological polar surface area (TPSA) is 49.6 Å². The molecule has 0 saturated carbocycles. The molecule has 0 bridgehead atoms. The van der Waals surface area contributed by atoms with Crippen LogP contribution in [0.3, 0.4) is 0 Å². The number of thiophene rings is 1. The number of amides is 1. The van der Waals surface area contributed by atoms with Crippen LogP contribution in [0.25, 0.3) is 0 Å². The number of carbonyl (C=O) groups excluding carboxylic acids is 1. The molecule has 1 amide bonds. The van der Waals surface area contributed by atoms with E-state index in [1.165, 1.54) is 6.42 Å². The summed E-state index contributed by atoms with van der Waals surface area (Å²) in [6.07, 6.45) is 1.17. The summed E-state index contributed by atoms with van der Waals surface area (Å²) in [7, 11) is 0. The number of hydrogen-bond donors (Lipinski definition) is 1. The summed E-state index contributed by atoms with van der Waals surface area (Å²) in [5, 5.41) is 1.96. The zero-order valence-electron chi connectivity index (χ0n) is 10.8. The van der Waals surface area contributed by atoms with Crippen LogP contribution in [0.5, 0.6) is 0 Å². The molecule has 1 unspecified atom stereocenters. The molecule has 2 N–H and O–H groups in total. The lowest BCUT2D eigenvalue weighted by Crippen LogP contribution is -2.50. The molecule has 18 heavy (non-hydrogen) atoms. The van der Waals surface area contributed by atoms with Gasteiger partial charge in [-0.1, -0.05) is 13.0 Å². The number of nitrogens with zero attached hydrogens (tertiary/aromatic N) is 2. The van der Waals surface area contributed by atoms with Gasteiger partial charge < -0.3 is 10.6 Å². The van der Waals surface area contributed by atoms with E-state index in [2.05, 4.69) is 11.8 Å². The summed E-state index contributed by atoms with van der Waals surface area (Å²) in [5.74, 6) is 0.0635. The summed E-state index contributed by atoms with van der Waals surface area (Å²) in [5.41, 5.74) is 6.01. The Hall–Kier alpha value is -0.910. The molecule has 0 aliphatic carbocycles. The molecule has 1 aromatic rings. The van der Waals surface area contributed by atoms with E-state index < -0.39 is 6.04 Å². The zero-order valence-corrected chi connectivity index (χ0v) is 11.7. The van der Waals surface area contributed by atoms with Gasteiger partial charge in [-0.05, 0) is 24.4 Å². The molecule has 1 aliphatic heterocycles. The Labute approximate surface area is 112 Å². The number of piperazine rings is 1. The van der Waals surface area contributed by atoms with Gasteiger partial charge in [-0.25, -0.2) is 0 Å². The first-order valence-corrected chi connectivity index (χ1v) is 7.40. The molecule has 2 rings (SSSR count).